The number of furan rings is 1. The van der Waals surface area contributed by atoms with E-state index in [0.29, 0.717) is 6.54 Å². The SMILES string of the molecule is Cc1ccc(CNCC2CCCCC2C(=O)O)o1. The van der Waals surface area contributed by atoms with Crippen molar-refractivity contribution < 1.29 is 14.3 Å². The Morgan fingerprint density at radius 1 is 1.44 bits per heavy atom. The molecule has 0 bridgehead atoms. The number of aliphatic carboxylic acids is 1. The minimum atomic E-state index is -0.643. The Bertz CT molecular complexity index is 399. The molecule has 18 heavy (non-hydrogen) atoms. The van der Waals surface area contributed by atoms with Gasteiger partial charge < -0.3 is 14.8 Å². The Kier molecular flexibility index (Phi) is 4.42. The fourth-order valence-corrected chi connectivity index (χ4v) is 2.74. The van der Waals surface area contributed by atoms with E-state index in [2.05, 4.69) is 5.32 Å². The highest BCUT2D eigenvalue weighted by Crippen LogP contribution is 2.29. The van der Waals surface area contributed by atoms with Gasteiger partial charge in [-0.15, -0.1) is 0 Å². The third kappa shape index (κ3) is 3.35. The topological polar surface area (TPSA) is 62.5 Å². The van der Waals surface area contributed by atoms with Gasteiger partial charge in [0.1, 0.15) is 11.5 Å². The van der Waals surface area contributed by atoms with E-state index in [1.807, 2.05) is 19.1 Å². The van der Waals surface area contributed by atoms with Gasteiger partial charge in [0.25, 0.3) is 0 Å². The van der Waals surface area contributed by atoms with Crippen molar-refractivity contribution in [3.8, 4) is 0 Å². The Hall–Kier alpha value is -1.29. The molecule has 1 fully saturated rings. The standard InChI is InChI=1S/C14H21NO3/c1-10-6-7-12(18-10)9-15-8-11-4-2-3-5-13(11)14(16)17/h6-7,11,13,15H,2-5,8-9H2,1H3,(H,16,17). The quantitative estimate of drug-likeness (QED) is 0.844. The van der Waals surface area contributed by atoms with Crippen molar-refractivity contribution in [1.82, 2.24) is 5.32 Å². The van der Waals surface area contributed by atoms with Crippen LogP contribution in [0.3, 0.4) is 0 Å². The molecule has 1 heterocycles. The van der Waals surface area contributed by atoms with E-state index in [1.54, 1.807) is 0 Å². The number of rotatable bonds is 5. The van der Waals surface area contributed by atoms with Gasteiger partial charge in [-0.1, -0.05) is 12.8 Å². The van der Waals surface area contributed by atoms with Gasteiger partial charge in [0, 0.05) is 0 Å². The number of carbonyl (C=O) groups is 1. The van der Waals surface area contributed by atoms with Crippen LogP contribution in [0.15, 0.2) is 16.5 Å². The lowest BCUT2D eigenvalue weighted by Crippen LogP contribution is -2.34. The van der Waals surface area contributed by atoms with Gasteiger partial charge in [-0.25, -0.2) is 0 Å². The summed E-state index contributed by atoms with van der Waals surface area (Å²) in [6.07, 6.45) is 4.03. The highest BCUT2D eigenvalue weighted by Gasteiger charge is 2.30. The van der Waals surface area contributed by atoms with Crippen molar-refractivity contribution in [3.05, 3.63) is 23.7 Å². The molecule has 0 radical (unpaired) electrons. The molecule has 2 rings (SSSR count). The molecule has 1 aromatic heterocycles. The van der Waals surface area contributed by atoms with Gasteiger partial charge in [-0.3, -0.25) is 4.79 Å². The zero-order valence-corrected chi connectivity index (χ0v) is 10.8. The molecule has 2 N–H and O–H groups in total. The first-order chi connectivity index (χ1) is 8.66. The molecule has 0 spiro atoms. The van der Waals surface area contributed by atoms with Crippen molar-refractivity contribution in [1.29, 1.82) is 0 Å². The van der Waals surface area contributed by atoms with Crippen LogP contribution in [0.4, 0.5) is 0 Å². The van der Waals surface area contributed by atoms with Crippen LogP contribution in [0.2, 0.25) is 0 Å². The lowest BCUT2D eigenvalue weighted by atomic mass is 9.79. The molecule has 100 valence electrons. The van der Waals surface area contributed by atoms with Crippen LogP contribution in [0.5, 0.6) is 0 Å². The maximum atomic E-state index is 11.2. The zero-order chi connectivity index (χ0) is 13.0. The molecule has 0 aliphatic heterocycles. The van der Waals surface area contributed by atoms with E-state index in [4.69, 9.17) is 4.42 Å². The van der Waals surface area contributed by atoms with Gasteiger partial charge in [0.2, 0.25) is 0 Å². The van der Waals surface area contributed by atoms with Crippen LogP contribution in [0.1, 0.15) is 37.2 Å². The lowest BCUT2D eigenvalue weighted by molar-refractivity contribution is -0.144. The van der Waals surface area contributed by atoms with Crippen LogP contribution >= 0.6 is 0 Å². The second-order valence-corrected chi connectivity index (χ2v) is 5.13. The number of hydrogen-bond donors (Lipinski definition) is 2. The average molecular weight is 251 g/mol. The summed E-state index contributed by atoms with van der Waals surface area (Å²) in [4.78, 5) is 11.2. The fourth-order valence-electron chi connectivity index (χ4n) is 2.74. The molecule has 2 unspecified atom stereocenters. The highest BCUT2D eigenvalue weighted by atomic mass is 16.4. The summed E-state index contributed by atoms with van der Waals surface area (Å²) >= 11 is 0. The summed E-state index contributed by atoms with van der Waals surface area (Å²) in [5.74, 6) is 1.26. The number of nitrogens with one attached hydrogen (secondary N) is 1. The van der Waals surface area contributed by atoms with E-state index in [1.165, 1.54) is 0 Å². The minimum Gasteiger partial charge on any atom is -0.481 e. The Balaban J connectivity index is 1.79. The van der Waals surface area contributed by atoms with Gasteiger partial charge in [0.15, 0.2) is 0 Å². The van der Waals surface area contributed by atoms with Gasteiger partial charge in [-0.05, 0) is 44.4 Å². The molecule has 0 amide bonds. The molecule has 0 saturated heterocycles. The van der Waals surface area contributed by atoms with E-state index >= 15 is 0 Å². The summed E-state index contributed by atoms with van der Waals surface area (Å²) in [6, 6.07) is 3.90. The van der Waals surface area contributed by atoms with Crippen molar-refractivity contribution in [2.24, 2.45) is 11.8 Å². The zero-order valence-electron chi connectivity index (χ0n) is 10.8. The van der Waals surface area contributed by atoms with Gasteiger partial charge in [0.05, 0.1) is 12.5 Å². The van der Waals surface area contributed by atoms with Crippen LogP contribution in [-0.4, -0.2) is 17.6 Å². The molecule has 1 aliphatic rings. The van der Waals surface area contributed by atoms with Crippen LogP contribution in [-0.2, 0) is 11.3 Å². The molecule has 4 nitrogen and oxygen atoms in total. The van der Waals surface area contributed by atoms with Crippen molar-refractivity contribution in [2.75, 3.05) is 6.54 Å². The number of carboxylic acids is 1. The van der Waals surface area contributed by atoms with Gasteiger partial charge >= 0.3 is 5.97 Å². The highest BCUT2D eigenvalue weighted by molar-refractivity contribution is 5.70. The molecule has 1 saturated carbocycles. The average Bonchev–Trinajstić information content (AvgIpc) is 2.75. The van der Waals surface area contributed by atoms with Crippen LogP contribution in [0, 0.1) is 18.8 Å². The second-order valence-electron chi connectivity index (χ2n) is 5.13. The molecule has 0 aromatic carbocycles. The summed E-state index contributed by atoms with van der Waals surface area (Å²) < 4.78 is 5.47. The first-order valence-electron chi connectivity index (χ1n) is 6.65. The minimum absolute atomic E-state index is 0.176. The molecule has 1 aliphatic carbocycles. The third-order valence-electron chi connectivity index (χ3n) is 3.73. The van der Waals surface area contributed by atoms with E-state index in [9.17, 15) is 9.90 Å². The predicted octanol–water partition coefficient (Wildman–Crippen LogP) is 2.57. The summed E-state index contributed by atoms with van der Waals surface area (Å²) in [7, 11) is 0. The maximum Gasteiger partial charge on any atom is 0.306 e. The van der Waals surface area contributed by atoms with E-state index in [0.717, 1.165) is 43.7 Å². The molecular formula is C14H21NO3. The van der Waals surface area contributed by atoms with Crippen molar-refractivity contribution in [3.63, 3.8) is 0 Å². The smallest absolute Gasteiger partial charge is 0.306 e. The van der Waals surface area contributed by atoms with Gasteiger partial charge in [-0.2, -0.15) is 0 Å². The number of hydrogen-bond acceptors (Lipinski definition) is 3. The van der Waals surface area contributed by atoms with E-state index < -0.39 is 5.97 Å². The second kappa shape index (κ2) is 6.05. The Labute approximate surface area is 107 Å². The monoisotopic (exact) mass is 251 g/mol. The Morgan fingerprint density at radius 2 is 2.22 bits per heavy atom. The summed E-state index contributed by atoms with van der Waals surface area (Å²) in [6.45, 7) is 3.36. The molecule has 2 atom stereocenters. The maximum absolute atomic E-state index is 11.2. The predicted molar refractivity (Wildman–Crippen MR) is 68.2 cm³/mol. The first kappa shape index (κ1) is 13.1. The van der Waals surface area contributed by atoms with Crippen molar-refractivity contribution in [2.45, 2.75) is 39.2 Å². The first-order valence-corrected chi connectivity index (χ1v) is 6.65. The molecular weight excluding hydrogens is 230 g/mol. The number of aryl methyl sites for hydroxylation is 1. The van der Waals surface area contributed by atoms with Crippen LogP contribution < -0.4 is 5.32 Å². The summed E-state index contributed by atoms with van der Waals surface area (Å²) in [5, 5.41) is 12.5. The summed E-state index contributed by atoms with van der Waals surface area (Å²) in [5.41, 5.74) is 0. The Morgan fingerprint density at radius 3 is 2.89 bits per heavy atom. The van der Waals surface area contributed by atoms with E-state index in [-0.39, 0.29) is 11.8 Å². The molecule has 4 heteroatoms. The largest absolute Gasteiger partial charge is 0.481 e. The number of carboxylic acid groups (broad SMARTS) is 1. The van der Waals surface area contributed by atoms with Crippen LogP contribution in [0.25, 0.3) is 0 Å². The normalized spacial score (nSPS) is 24.1. The lowest BCUT2D eigenvalue weighted by Gasteiger charge is -2.28. The van der Waals surface area contributed by atoms with Crippen molar-refractivity contribution >= 4 is 5.97 Å². The fraction of sp³-hybridized carbons (Fsp3) is 0.643. The molecule has 1 aromatic rings. The third-order valence-corrected chi connectivity index (χ3v) is 3.73.